The molecule has 0 spiro atoms. The number of hydrogen-bond donors (Lipinski definition) is 1. The van der Waals surface area contributed by atoms with Gasteiger partial charge in [0.05, 0.1) is 5.69 Å². The van der Waals surface area contributed by atoms with E-state index in [4.69, 9.17) is 5.11 Å². The quantitative estimate of drug-likeness (QED) is 0.881. The maximum absolute atomic E-state index is 12.5. The molecule has 0 atom stereocenters. The number of rotatable bonds is 4. The lowest BCUT2D eigenvalue weighted by Crippen LogP contribution is -2.22. The number of carboxylic acid groups (broad SMARTS) is 1. The van der Waals surface area contributed by atoms with Crippen LogP contribution in [0.15, 0.2) is 41.2 Å². The van der Waals surface area contributed by atoms with E-state index in [9.17, 15) is 9.59 Å². The average Bonchev–Trinajstić information content (AvgIpc) is 2.48. The molecule has 0 bridgehead atoms. The average molecular weight is 297 g/mol. The molecule has 1 aromatic heterocycles. The second-order valence-electron chi connectivity index (χ2n) is 5.19. The molecule has 0 aliphatic heterocycles. The number of nitrogens with zero attached hydrogens (tertiary/aromatic N) is 1. The molecule has 0 unspecified atom stereocenters. The molecule has 0 fully saturated rings. The van der Waals surface area contributed by atoms with Gasteiger partial charge in [-0.05, 0) is 61.7 Å². The Balaban J connectivity index is 2.58. The summed E-state index contributed by atoms with van der Waals surface area (Å²) in [6.45, 7) is 6.51. The summed E-state index contributed by atoms with van der Waals surface area (Å²) in [6, 6.07) is 9.61. The Bertz CT molecular complexity index is 800. The first-order valence-electron chi connectivity index (χ1n) is 7.16. The molecular formula is C18H19NO3. The normalized spacial score (nSPS) is 11.0. The number of benzene rings is 1. The molecule has 1 N–H and O–H groups in total. The number of carboxylic acids is 1. The summed E-state index contributed by atoms with van der Waals surface area (Å²) in [5, 5.41) is 8.69. The Morgan fingerprint density at radius 1 is 1.18 bits per heavy atom. The van der Waals surface area contributed by atoms with Gasteiger partial charge in [0, 0.05) is 18.2 Å². The van der Waals surface area contributed by atoms with Crippen molar-refractivity contribution >= 4 is 12.0 Å². The van der Waals surface area contributed by atoms with E-state index in [2.05, 4.69) is 6.07 Å². The van der Waals surface area contributed by atoms with Crippen molar-refractivity contribution in [2.75, 3.05) is 0 Å². The second-order valence-corrected chi connectivity index (χ2v) is 5.19. The number of carbonyl (C=O) groups is 1. The van der Waals surface area contributed by atoms with E-state index < -0.39 is 5.97 Å². The number of hydrogen-bond acceptors (Lipinski definition) is 2. The minimum atomic E-state index is -1.07. The van der Waals surface area contributed by atoms with Crippen molar-refractivity contribution in [1.82, 2.24) is 4.57 Å². The summed E-state index contributed by atoms with van der Waals surface area (Å²) < 4.78 is 1.66. The van der Waals surface area contributed by atoms with Crippen molar-refractivity contribution in [2.24, 2.45) is 0 Å². The predicted molar refractivity (Wildman–Crippen MR) is 88.0 cm³/mol. The van der Waals surface area contributed by atoms with Crippen LogP contribution in [0.3, 0.4) is 0 Å². The molecule has 0 aliphatic carbocycles. The third-order valence-corrected chi connectivity index (χ3v) is 3.73. The van der Waals surface area contributed by atoms with Gasteiger partial charge in [-0.3, -0.25) is 4.79 Å². The Hall–Kier alpha value is -2.62. The Morgan fingerprint density at radius 2 is 1.91 bits per heavy atom. The van der Waals surface area contributed by atoms with Crippen LogP contribution in [-0.2, 0) is 11.3 Å². The minimum Gasteiger partial charge on any atom is -0.478 e. The van der Waals surface area contributed by atoms with Crippen LogP contribution in [0, 0.1) is 13.8 Å². The molecule has 2 rings (SSSR count). The third-order valence-electron chi connectivity index (χ3n) is 3.73. The highest BCUT2D eigenvalue weighted by atomic mass is 16.4. The fraction of sp³-hybridized carbons (Fsp3) is 0.222. The van der Waals surface area contributed by atoms with Crippen LogP contribution >= 0.6 is 0 Å². The van der Waals surface area contributed by atoms with E-state index in [0.29, 0.717) is 12.1 Å². The lowest BCUT2D eigenvalue weighted by atomic mass is 10.0. The first kappa shape index (κ1) is 15.8. The van der Waals surface area contributed by atoms with Crippen molar-refractivity contribution in [3.8, 4) is 11.3 Å². The summed E-state index contributed by atoms with van der Waals surface area (Å²) in [7, 11) is 0. The van der Waals surface area contributed by atoms with Gasteiger partial charge >= 0.3 is 5.97 Å². The molecule has 4 heteroatoms. The van der Waals surface area contributed by atoms with Gasteiger partial charge in [-0.1, -0.05) is 12.1 Å². The maximum atomic E-state index is 12.5. The molecule has 0 radical (unpaired) electrons. The highest BCUT2D eigenvalue weighted by molar-refractivity contribution is 5.85. The van der Waals surface area contributed by atoms with Gasteiger partial charge in [-0.25, -0.2) is 4.79 Å². The topological polar surface area (TPSA) is 59.3 Å². The maximum Gasteiger partial charge on any atom is 0.328 e. The first-order valence-corrected chi connectivity index (χ1v) is 7.16. The molecule has 22 heavy (non-hydrogen) atoms. The molecule has 0 saturated carbocycles. The number of aryl methyl sites for hydroxylation is 2. The minimum absolute atomic E-state index is 0.185. The smallest absolute Gasteiger partial charge is 0.328 e. The van der Waals surface area contributed by atoms with Crippen LogP contribution < -0.4 is 5.56 Å². The zero-order valence-electron chi connectivity index (χ0n) is 13.0. The fourth-order valence-corrected chi connectivity index (χ4v) is 2.35. The zero-order chi connectivity index (χ0) is 16.3. The molecule has 2 aromatic rings. The van der Waals surface area contributed by atoms with Gasteiger partial charge in [-0.15, -0.1) is 0 Å². The van der Waals surface area contributed by atoms with Gasteiger partial charge in [0.25, 0.3) is 5.56 Å². The van der Waals surface area contributed by atoms with Crippen LogP contribution in [0.1, 0.15) is 23.6 Å². The second kappa shape index (κ2) is 6.43. The molecule has 1 aromatic carbocycles. The van der Waals surface area contributed by atoms with Gasteiger partial charge in [0.1, 0.15) is 0 Å². The van der Waals surface area contributed by atoms with Gasteiger partial charge in [0.2, 0.25) is 0 Å². The van der Waals surface area contributed by atoms with Crippen molar-refractivity contribution < 1.29 is 9.90 Å². The molecule has 0 saturated heterocycles. The van der Waals surface area contributed by atoms with E-state index >= 15 is 0 Å². The van der Waals surface area contributed by atoms with Crippen LogP contribution in [-0.4, -0.2) is 15.6 Å². The zero-order valence-corrected chi connectivity index (χ0v) is 13.0. The van der Waals surface area contributed by atoms with E-state index in [0.717, 1.165) is 17.3 Å². The Labute approximate surface area is 129 Å². The fourth-order valence-electron chi connectivity index (χ4n) is 2.35. The number of aliphatic carboxylic acids is 1. The van der Waals surface area contributed by atoms with Crippen molar-refractivity contribution in [3.05, 3.63) is 63.5 Å². The predicted octanol–water partition coefficient (Wildman–Crippen LogP) is 3.25. The molecule has 0 aliphatic rings. The Kier molecular flexibility index (Phi) is 4.61. The number of pyridine rings is 1. The summed E-state index contributed by atoms with van der Waals surface area (Å²) in [4.78, 5) is 23.1. The monoisotopic (exact) mass is 297 g/mol. The summed E-state index contributed by atoms with van der Waals surface area (Å²) >= 11 is 0. The standard InChI is InChI=1S/C18H19NO3/c1-4-19-16(15-6-5-12(2)13(3)11-15)9-7-14(18(19)22)8-10-17(20)21/h5-11H,4H2,1-3H3,(H,20,21)/b10-8+. The van der Waals surface area contributed by atoms with Gasteiger partial charge in [-0.2, -0.15) is 0 Å². The Morgan fingerprint density at radius 3 is 2.50 bits per heavy atom. The molecule has 114 valence electrons. The highest BCUT2D eigenvalue weighted by Gasteiger charge is 2.09. The van der Waals surface area contributed by atoms with E-state index in [-0.39, 0.29) is 5.56 Å². The molecule has 1 heterocycles. The summed E-state index contributed by atoms with van der Waals surface area (Å²) in [5.41, 5.74) is 4.38. The lowest BCUT2D eigenvalue weighted by molar-refractivity contribution is -0.131. The van der Waals surface area contributed by atoms with Crippen molar-refractivity contribution in [3.63, 3.8) is 0 Å². The molecule has 0 amide bonds. The summed E-state index contributed by atoms with van der Waals surface area (Å²) in [5.74, 6) is -1.07. The van der Waals surface area contributed by atoms with Crippen molar-refractivity contribution in [2.45, 2.75) is 27.3 Å². The summed E-state index contributed by atoms with van der Waals surface area (Å²) in [6.07, 6.45) is 2.31. The van der Waals surface area contributed by atoms with Crippen molar-refractivity contribution in [1.29, 1.82) is 0 Å². The van der Waals surface area contributed by atoms with Crippen LogP contribution in [0.25, 0.3) is 17.3 Å². The van der Waals surface area contributed by atoms with Crippen LogP contribution in [0.2, 0.25) is 0 Å². The van der Waals surface area contributed by atoms with E-state index in [1.54, 1.807) is 10.6 Å². The number of aromatic nitrogens is 1. The van der Waals surface area contributed by atoms with Crippen LogP contribution in [0.5, 0.6) is 0 Å². The van der Waals surface area contributed by atoms with Gasteiger partial charge < -0.3 is 9.67 Å². The molecular weight excluding hydrogens is 278 g/mol. The van der Waals surface area contributed by atoms with Crippen LogP contribution in [0.4, 0.5) is 0 Å². The van der Waals surface area contributed by atoms with Gasteiger partial charge in [0.15, 0.2) is 0 Å². The lowest BCUT2D eigenvalue weighted by Gasteiger charge is -2.13. The first-order chi connectivity index (χ1) is 10.4. The third kappa shape index (κ3) is 3.17. The highest BCUT2D eigenvalue weighted by Crippen LogP contribution is 2.21. The SMILES string of the molecule is CCn1c(-c2ccc(C)c(C)c2)ccc(/C=C/C(=O)O)c1=O. The van der Waals surface area contributed by atoms with E-state index in [1.165, 1.54) is 17.2 Å². The molecule has 4 nitrogen and oxygen atoms in total. The largest absolute Gasteiger partial charge is 0.478 e. The van der Waals surface area contributed by atoms with E-state index in [1.807, 2.05) is 39.0 Å².